The van der Waals surface area contributed by atoms with Crippen molar-refractivity contribution >= 4 is 11.6 Å². The Bertz CT molecular complexity index is 514. The highest BCUT2D eigenvalue weighted by molar-refractivity contribution is 5.94. The third kappa shape index (κ3) is 2.87. The molecule has 2 aromatic rings. The number of furan rings is 1. The Morgan fingerprint density at radius 3 is 2.53 bits per heavy atom. The summed E-state index contributed by atoms with van der Waals surface area (Å²) in [6, 6.07) is 10.5. The van der Waals surface area contributed by atoms with Gasteiger partial charge in [0.25, 0.3) is 5.91 Å². The third-order valence-electron chi connectivity index (χ3n) is 2.39. The summed E-state index contributed by atoms with van der Waals surface area (Å²) in [4.78, 5) is 11.7. The quantitative estimate of drug-likeness (QED) is 0.793. The Morgan fingerprint density at radius 2 is 1.94 bits per heavy atom. The summed E-state index contributed by atoms with van der Waals surface area (Å²) in [6.07, 6.45) is 0. The second kappa shape index (κ2) is 4.74. The van der Waals surface area contributed by atoms with Crippen LogP contribution >= 0.6 is 0 Å². The van der Waals surface area contributed by atoms with E-state index in [1.807, 2.05) is 19.1 Å². The van der Waals surface area contributed by atoms with Crippen LogP contribution in [0, 0.1) is 6.92 Å². The molecule has 0 radical (unpaired) electrons. The summed E-state index contributed by atoms with van der Waals surface area (Å²) in [5.41, 5.74) is 6.78. The topological polar surface area (TPSA) is 68.3 Å². The molecule has 0 aliphatic carbocycles. The van der Waals surface area contributed by atoms with E-state index in [2.05, 4.69) is 5.32 Å². The first kappa shape index (κ1) is 11.3. The molecule has 0 aliphatic rings. The minimum Gasteiger partial charge on any atom is -0.465 e. The first-order valence-corrected chi connectivity index (χ1v) is 5.34. The second-order valence-corrected chi connectivity index (χ2v) is 3.82. The predicted octanol–water partition coefficient (Wildman–Crippen LogP) is 2.10. The number of nitrogens with one attached hydrogen (secondary N) is 1. The lowest BCUT2D eigenvalue weighted by molar-refractivity contribution is 0.0948. The zero-order valence-corrected chi connectivity index (χ0v) is 9.57. The summed E-state index contributed by atoms with van der Waals surface area (Å²) in [6.45, 7) is 2.25. The molecule has 4 heteroatoms. The van der Waals surface area contributed by atoms with Gasteiger partial charge in [0.2, 0.25) is 0 Å². The first-order chi connectivity index (χ1) is 8.15. The Labute approximate surface area is 99.4 Å². The number of rotatable bonds is 3. The van der Waals surface area contributed by atoms with Crippen LogP contribution < -0.4 is 11.1 Å². The molecular weight excluding hydrogens is 216 g/mol. The van der Waals surface area contributed by atoms with E-state index in [0.717, 1.165) is 11.5 Å². The zero-order chi connectivity index (χ0) is 12.3. The smallest absolute Gasteiger partial charge is 0.251 e. The molecule has 88 valence electrons. The summed E-state index contributed by atoms with van der Waals surface area (Å²) in [5.74, 6) is 1.44. The monoisotopic (exact) mass is 230 g/mol. The molecule has 1 aromatic heterocycles. The van der Waals surface area contributed by atoms with Crippen LogP contribution in [0.25, 0.3) is 0 Å². The van der Waals surface area contributed by atoms with Crippen molar-refractivity contribution in [3.63, 3.8) is 0 Å². The van der Waals surface area contributed by atoms with Crippen molar-refractivity contribution in [2.24, 2.45) is 0 Å². The standard InChI is InChI=1S/C13H14N2O2/c1-9-2-7-12(17-9)8-15-13(16)10-3-5-11(14)6-4-10/h2-7H,8,14H2,1H3,(H,15,16). The lowest BCUT2D eigenvalue weighted by Gasteiger charge is -2.03. The number of nitrogens with two attached hydrogens (primary N) is 1. The zero-order valence-electron chi connectivity index (χ0n) is 9.57. The minimum absolute atomic E-state index is 0.140. The molecule has 0 unspecified atom stereocenters. The van der Waals surface area contributed by atoms with Crippen molar-refractivity contribution in [3.8, 4) is 0 Å². The highest BCUT2D eigenvalue weighted by atomic mass is 16.3. The Hall–Kier alpha value is -2.23. The number of carbonyl (C=O) groups is 1. The average molecular weight is 230 g/mol. The molecule has 17 heavy (non-hydrogen) atoms. The Kier molecular flexibility index (Phi) is 3.14. The van der Waals surface area contributed by atoms with Gasteiger partial charge in [-0.15, -0.1) is 0 Å². The highest BCUT2D eigenvalue weighted by Gasteiger charge is 2.05. The lowest BCUT2D eigenvalue weighted by atomic mass is 10.2. The van der Waals surface area contributed by atoms with Gasteiger partial charge in [-0.2, -0.15) is 0 Å². The first-order valence-electron chi connectivity index (χ1n) is 5.34. The molecule has 0 fully saturated rings. The molecule has 1 aromatic carbocycles. The van der Waals surface area contributed by atoms with Crippen molar-refractivity contribution in [1.82, 2.24) is 5.32 Å². The van der Waals surface area contributed by atoms with Crippen molar-refractivity contribution in [2.75, 3.05) is 5.73 Å². The molecular formula is C13H14N2O2. The number of hydrogen-bond acceptors (Lipinski definition) is 3. The molecule has 0 saturated carbocycles. The van der Waals surface area contributed by atoms with Crippen molar-refractivity contribution in [1.29, 1.82) is 0 Å². The van der Waals surface area contributed by atoms with Gasteiger partial charge in [0.05, 0.1) is 6.54 Å². The summed E-state index contributed by atoms with van der Waals surface area (Å²) in [7, 11) is 0. The van der Waals surface area contributed by atoms with Crippen LogP contribution in [0.1, 0.15) is 21.9 Å². The van der Waals surface area contributed by atoms with Crippen molar-refractivity contribution in [2.45, 2.75) is 13.5 Å². The Morgan fingerprint density at radius 1 is 1.24 bits per heavy atom. The molecule has 3 N–H and O–H groups in total. The maximum absolute atomic E-state index is 11.7. The number of benzene rings is 1. The van der Waals surface area contributed by atoms with Crippen LogP contribution in [0.4, 0.5) is 5.69 Å². The van der Waals surface area contributed by atoms with Gasteiger partial charge in [-0.25, -0.2) is 0 Å². The van der Waals surface area contributed by atoms with Gasteiger partial charge in [-0.3, -0.25) is 4.79 Å². The number of anilines is 1. The number of carbonyl (C=O) groups excluding carboxylic acids is 1. The van der Waals surface area contributed by atoms with Crippen LogP contribution in [0.5, 0.6) is 0 Å². The molecule has 0 bridgehead atoms. The average Bonchev–Trinajstić information content (AvgIpc) is 2.73. The molecule has 0 spiro atoms. The van der Waals surface area contributed by atoms with Crippen LogP contribution in [-0.4, -0.2) is 5.91 Å². The number of nitrogen functional groups attached to an aromatic ring is 1. The molecule has 0 saturated heterocycles. The summed E-state index contributed by atoms with van der Waals surface area (Å²) >= 11 is 0. The highest BCUT2D eigenvalue weighted by Crippen LogP contribution is 2.08. The van der Waals surface area contributed by atoms with Crippen LogP contribution in [0.15, 0.2) is 40.8 Å². The van der Waals surface area contributed by atoms with Crippen LogP contribution in [0.3, 0.4) is 0 Å². The molecule has 2 rings (SSSR count). The number of aryl methyl sites for hydroxylation is 1. The van der Waals surface area contributed by atoms with Gasteiger partial charge >= 0.3 is 0 Å². The van der Waals surface area contributed by atoms with Gasteiger partial charge in [-0.1, -0.05) is 0 Å². The van der Waals surface area contributed by atoms with Crippen molar-refractivity contribution in [3.05, 3.63) is 53.5 Å². The maximum Gasteiger partial charge on any atom is 0.251 e. The fourth-order valence-electron chi connectivity index (χ4n) is 1.48. The van der Waals surface area contributed by atoms with E-state index in [4.69, 9.17) is 10.2 Å². The van der Waals surface area contributed by atoms with E-state index in [-0.39, 0.29) is 5.91 Å². The van der Waals surface area contributed by atoms with E-state index < -0.39 is 0 Å². The second-order valence-electron chi connectivity index (χ2n) is 3.82. The van der Waals surface area contributed by atoms with E-state index in [1.165, 1.54) is 0 Å². The van der Waals surface area contributed by atoms with E-state index in [9.17, 15) is 4.79 Å². The van der Waals surface area contributed by atoms with Crippen LogP contribution in [-0.2, 0) is 6.54 Å². The fourth-order valence-corrected chi connectivity index (χ4v) is 1.48. The van der Waals surface area contributed by atoms with E-state index in [1.54, 1.807) is 24.3 Å². The number of hydrogen-bond donors (Lipinski definition) is 2. The van der Waals surface area contributed by atoms with Gasteiger partial charge in [-0.05, 0) is 43.3 Å². The lowest BCUT2D eigenvalue weighted by Crippen LogP contribution is -2.22. The van der Waals surface area contributed by atoms with E-state index in [0.29, 0.717) is 17.8 Å². The molecule has 4 nitrogen and oxygen atoms in total. The van der Waals surface area contributed by atoms with Crippen LogP contribution in [0.2, 0.25) is 0 Å². The largest absolute Gasteiger partial charge is 0.465 e. The van der Waals surface area contributed by atoms with Gasteiger partial charge in [0, 0.05) is 11.3 Å². The maximum atomic E-state index is 11.7. The van der Waals surface area contributed by atoms with Gasteiger partial charge in [0.15, 0.2) is 0 Å². The predicted molar refractivity (Wildman–Crippen MR) is 65.5 cm³/mol. The molecule has 0 aliphatic heterocycles. The normalized spacial score (nSPS) is 10.2. The molecule has 1 amide bonds. The number of amides is 1. The third-order valence-corrected chi connectivity index (χ3v) is 2.39. The van der Waals surface area contributed by atoms with Crippen molar-refractivity contribution < 1.29 is 9.21 Å². The Balaban J connectivity index is 1.95. The summed E-state index contributed by atoms with van der Waals surface area (Å²) in [5, 5.41) is 2.77. The molecule has 0 atom stereocenters. The molecule has 1 heterocycles. The van der Waals surface area contributed by atoms with E-state index >= 15 is 0 Å². The SMILES string of the molecule is Cc1ccc(CNC(=O)c2ccc(N)cc2)o1. The fraction of sp³-hybridized carbons (Fsp3) is 0.154. The van der Waals surface area contributed by atoms with Gasteiger partial charge < -0.3 is 15.5 Å². The minimum atomic E-state index is -0.140. The van der Waals surface area contributed by atoms with Gasteiger partial charge in [0.1, 0.15) is 11.5 Å². The summed E-state index contributed by atoms with van der Waals surface area (Å²) < 4.78 is 5.35.